The van der Waals surface area contributed by atoms with Gasteiger partial charge in [0.2, 0.25) is 5.91 Å². The molecule has 7 nitrogen and oxygen atoms in total. The Kier molecular flexibility index (Phi) is 4.62. The number of nitrogens with two attached hydrogens (primary N) is 1. The van der Waals surface area contributed by atoms with Gasteiger partial charge in [0, 0.05) is 39.3 Å². The molecule has 1 aliphatic heterocycles. The van der Waals surface area contributed by atoms with Gasteiger partial charge in [-0.3, -0.25) is 4.79 Å². The monoisotopic (exact) mass is 292 g/mol. The van der Waals surface area contributed by atoms with Crippen LogP contribution in [-0.4, -0.2) is 55.0 Å². The van der Waals surface area contributed by atoms with Crippen molar-refractivity contribution in [3.63, 3.8) is 0 Å². The number of carbonyl (C=O) groups excluding carboxylic acids is 2. The molecule has 0 aliphatic carbocycles. The molecule has 0 spiro atoms. The lowest BCUT2D eigenvalue weighted by Gasteiger charge is -2.24. The summed E-state index contributed by atoms with van der Waals surface area (Å²) in [5.41, 5.74) is 6.69. The molecule has 2 heterocycles. The fourth-order valence-corrected chi connectivity index (χ4v) is 2.45. The SMILES string of the molecule is COC(=O)c1ccnc(N2CCCN(C(C)=O)CC2)c1N. The van der Waals surface area contributed by atoms with E-state index in [4.69, 9.17) is 10.5 Å². The van der Waals surface area contributed by atoms with E-state index in [0.29, 0.717) is 30.2 Å². The van der Waals surface area contributed by atoms with Crippen LogP contribution in [0.2, 0.25) is 0 Å². The number of anilines is 2. The molecular weight excluding hydrogens is 272 g/mol. The van der Waals surface area contributed by atoms with E-state index in [1.165, 1.54) is 7.11 Å². The number of ether oxygens (including phenoxy) is 1. The fraction of sp³-hybridized carbons (Fsp3) is 0.500. The molecular formula is C14H20N4O3. The third-order valence-electron chi connectivity index (χ3n) is 3.62. The predicted molar refractivity (Wildman–Crippen MR) is 79.1 cm³/mol. The van der Waals surface area contributed by atoms with E-state index in [-0.39, 0.29) is 5.91 Å². The summed E-state index contributed by atoms with van der Waals surface area (Å²) in [6.45, 7) is 4.30. The van der Waals surface area contributed by atoms with Crippen LogP contribution in [0.1, 0.15) is 23.7 Å². The van der Waals surface area contributed by atoms with Gasteiger partial charge in [-0.2, -0.15) is 0 Å². The summed E-state index contributed by atoms with van der Waals surface area (Å²) >= 11 is 0. The van der Waals surface area contributed by atoms with Crippen LogP contribution in [0.4, 0.5) is 11.5 Å². The molecule has 2 N–H and O–H groups in total. The number of nitrogens with zero attached hydrogens (tertiary/aromatic N) is 3. The minimum absolute atomic E-state index is 0.0705. The molecule has 7 heteroatoms. The van der Waals surface area contributed by atoms with Crippen LogP contribution in [0, 0.1) is 0 Å². The van der Waals surface area contributed by atoms with Crippen LogP contribution >= 0.6 is 0 Å². The van der Waals surface area contributed by atoms with E-state index in [9.17, 15) is 9.59 Å². The van der Waals surface area contributed by atoms with E-state index in [2.05, 4.69) is 4.98 Å². The average Bonchev–Trinajstić information content (AvgIpc) is 2.72. The van der Waals surface area contributed by atoms with E-state index < -0.39 is 5.97 Å². The van der Waals surface area contributed by atoms with Crippen molar-refractivity contribution in [2.75, 3.05) is 43.9 Å². The van der Waals surface area contributed by atoms with E-state index in [1.807, 2.05) is 4.90 Å². The second kappa shape index (κ2) is 6.43. The summed E-state index contributed by atoms with van der Waals surface area (Å²) < 4.78 is 4.71. The zero-order chi connectivity index (χ0) is 15.4. The minimum Gasteiger partial charge on any atom is -0.465 e. The summed E-state index contributed by atoms with van der Waals surface area (Å²) in [7, 11) is 1.32. The van der Waals surface area contributed by atoms with Crippen molar-refractivity contribution >= 4 is 23.4 Å². The van der Waals surface area contributed by atoms with Crippen molar-refractivity contribution in [3.05, 3.63) is 17.8 Å². The standard InChI is InChI=1S/C14H20N4O3/c1-10(19)17-6-3-7-18(9-8-17)13-12(15)11(4-5-16-13)14(20)21-2/h4-5H,3,6-9,15H2,1-2H3. The fourth-order valence-electron chi connectivity index (χ4n) is 2.45. The van der Waals surface area contributed by atoms with Crippen molar-refractivity contribution in [2.24, 2.45) is 0 Å². The summed E-state index contributed by atoms with van der Waals surface area (Å²) in [4.78, 5) is 31.2. The van der Waals surface area contributed by atoms with Crippen LogP contribution in [0.3, 0.4) is 0 Å². The summed E-state index contributed by atoms with van der Waals surface area (Å²) in [5, 5.41) is 0. The average molecular weight is 292 g/mol. The minimum atomic E-state index is -0.476. The van der Waals surface area contributed by atoms with Crippen molar-refractivity contribution in [3.8, 4) is 0 Å². The summed E-state index contributed by atoms with van der Waals surface area (Å²) in [6.07, 6.45) is 2.38. The number of carbonyl (C=O) groups is 2. The van der Waals surface area contributed by atoms with Crippen LogP contribution in [0.5, 0.6) is 0 Å². The summed E-state index contributed by atoms with van der Waals surface area (Å²) in [6, 6.07) is 1.55. The normalized spacial score (nSPS) is 15.5. The maximum absolute atomic E-state index is 11.7. The number of hydrogen-bond acceptors (Lipinski definition) is 6. The predicted octanol–water partition coefficient (Wildman–Crippen LogP) is 0.509. The molecule has 1 aromatic heterocycles. The Balaban J connectivity index is 2.22. The van der Waals surface area contributed by atoms with Gasteiger partial charge in [-0.15, -0.1) is 0 Å². The van der Waals surface area contributed by atoms with Crippen molar-refractivity contribution < 1.29 is 14.3 Å². The van der Waals surface area contributed by atoms with E-state index >= 15 is 0 Å². The van der Waals surface area contributed by atoms with Gasteiger partial charge in [-0.25, -0.2) is 9.78 Å². The third kappa shape index (κ3) is 3.24. The first-order valence-corrected chi connectivity index (χ1v) is 6.88. The first kappa shape index (κ1) is 15.1. The van der Waals surface area contributed by atoms with Gasteiger partial charge in [0.25, 0.3) is 0 Å². The molecule has 0 bridgehead atoms. The highest BCUT2D eigenvalue weighted by Gasteiger charge is 2.21. The Morgan fingerprint density at radius 3 is 2.71 bits per heavy atom. The first-order chi connectivity index (χ1) is 10.0. The number of pyridine rings is 1. The Morgan fingerprint density at radius 1 is 1.29 bits per heavy atom. The quantitative estimate of drug-likeness (QED) is 0.799. The van der Waals surface area contributed by atoms with Gasteiger partial charge < -0.3 is 20.3 Å². The zero-order valence-corrected chi connectivity index (χ0v) is 12.3. The van der Waals surface area contributed by atoms with Crippen molar-refractivity contribution in [1.29, 1.82) is 0 Å². The molecule has 1 amide bonds. The molecule has 1 aromatic rings. The van der Waals surface area contributed by atoms with Crippen LogP contribution in [-0.2, 0) is 9.53 Å². The highest BCUT2D eigenvalue weighted by molar-refractivity contribution is 5.97. The van der Waals surface area contributed by atoms with Crippen molar-refractivity contribution in [1.82, 2.24) is 9.88 Å². The molecule has 1 aliphatic rings. The Hall–Kier alpha value is -2.31. The largest absolute Gasteiger partial charge is 0.465 e. The van der Waals surface area contributed by atoms with E-state index in [0.717, 1.165) is 19.5 Å². The molecule has 0 saturated carbocycles. The molecule has 0 atom stereocenters. The molecule has 114 valence electrons. The molecule has 21 heavy (non-hydrogen) atoms. The molecule has 1 fully saturated rings. The lowest BCUT2D eigenvalue weighted by Crippen LogP contribution is -2.34. The number of hydrogen-bond donors (Lipinski definition) is 1. The highest BCUT2D eigenvalue weighted by Crippen LogP contribution is 2.25. The Labute approximate surface area is 123 Å². The summed E-state index contributed by atoms with van der Waals surface area (Å²) in [5.74, 6) is 0.167. The topological polar surface area (TPSA) is 88.8 Å². The van der Waals surface area contributed by atoms with Crippen LogP contribution in [0.25, 0.3) is 0 Å². The van der Waals surface area contributed by atoms with Crippen molar-refractivity contribution in [2.45, 2.75) is 13.3 Å². The Bertz CT molecular complexity index is 547. The van der Waals surface area contributed by atoms with Gasteiger partial charge in [0.1, 0.15) is 0 Å². The number of aromatic nitrogens is 1. The van der Waals surface area contributed by atoms with Gasteiger partial charge in [0.05, 0.1) is 18.4 Å². The van der Waals surface area contributed by atoms with Crippen LogP contribution < -0.4 is 10.6 Å². The second-order valence-corrected chi connectivity index (χ2v) is 4.93. The second-order valence-electron chi connectivity index (χ2n) is 4.93. The number of esters is 1. The number of nitrogen functional groups attached to an aromatic ring is 1. The highest BCUT2D eigenvalue weighted by atomic mass is 16.5. The number of rotatable bonds is 2. The van der Waals surface area contributed by atoms with Gasteiger partial charge >= 0.3 is 5.97 Å². The smallest absolute Gasteiger partial charge is 0.340 e. The first-order valence-electron chi connectivity index (χ1n) is 6.88. The van der Waals surface area contributed by atoms with Crippen LogP contribution in [0.15, 0.2) is 12.3 Å². The molecule has 0 aromatic carbocycles. The van der Waals surface area contributed by atoms with Gasteiger partial charge in [-0.1, -0.05) is 0 Å². The molecule has 0 unspecified atom stereocenters. The Morgan fingerprint density at radius 2 is 2.05 bits per heavy atom. The number of amides is 1. The maximum Gasteiger partial charge on any atom is 0.340 e. The third-order valence-corrected chi connectivity index (χ3v) is 3.62. The lowest BCUT2D eigenvalue weighted by atomic mass is 10.2. The maximum atomic E-state index is 11.7. The zero-order valence-electron chi connectivity index (χ0n) is 12.3. The molecule has 1 saturated heterocycles. The van der Waals surface area contributed by atoms with Gasteiger partial charge in [0.15, 0.2) is 5.82 Å². The van der Waals surface area contributed by atoms with Gasteiger partial charge in [-0.05, 0) is 12.5 Å². The number of methoxy groups -OCH3 is 1. The molecule has 2 rings (SSSR count). The molecule has 0 radical (unpaired) electrons. The van der Waals surface area contributed by atoms with E-state index in [1.54, 1.807) is 24.1 Å². The lowest BCUT2D eigenvalue weighted by molar-refractivity contribution is -0.128.